The second-order valence-electron chi connectivity index (χ2n) is 5.05. The molecule has 0 aliphatic carbocycles. The summed E-state index contributed by atoms with van der Waals surface area (Å²) < 4.78 is 27.7. The number of sulfonamides is 1. The third kappa shape index (κ3) is 3.11. The van der Waals surface area contributed by atoms with Crippen molar-refractivity contribution in [1.82, 2.24) is 4.72 Å². The summed E-state index contributed by atoms with van der Waals surface area (Å²) in [7, 11) is -3.51. The Labute approximate surface area is 120 Å². The van der Waals surface area contributed by atoms with Crippen molar-refractivity contribution in [3.05, 3.63) is 36.4 Å². The molecule has 0 bridgehead atoms. The number of nitrogens with two attached hydrogens (primary N) is 1. The molecular weight excluding hydrogens is 272 g/mol. The van der Waals surface area contributed by atoms with Crippen LogP contribution in [0.2, 0.25) is 0 Å². The molecule has 3 N–H and O–H groups in total. The van der Waals surface area contributed by atoms with Gasteiger partial charge in [-0.25, -0.2) is 13.1 Å². The molecule has 0 aliphatic heterocycles. The predicted molar refractivity (Wildman–Crippen MR) is 83.1 cm³/mol. The van der Waals surface area contributed by atoms with E-state index in [0.717, 1.165) is 18.2 Å². The van der Waals surface area contributed by atoms with Crippen LogP contribution in [0.15, 0.2) is 41.3 Å². The fourth-order valence-corrected chi connectivity index (χ4v) is 3.83. The van der Waals surface area contributed by atoms with Crippen LogP contribution in [0.1, 0.15) is 26.7 Å². The van der Waals surface area contributed by atoms with Crippen LogP contribution >= 0.6 is 0 Å². The highest BCUT2D eigenvalue weighted by molar-refractivity contribution is 7.89. The minimum atomic E-state index is -3.51. The third-order valence-corrected chi connectivity index (χ3v) is 4.88. The monoisotopic (exact) mass is 292 g/mol. The minimum Gasteiger partial charge on any atom is -0.399 e. The van der Waals surface area contributed by atoms with E-state index in [0.29, 0.717) is 16.0 Å². The highest BCUT2D eigenvalue weighted by Gasteiger charge is 2.19. The normalized spacial score (nSPS) is 13.5. The van der Waals surface area contributed by atoms with Gasteiger partial charge < -0.3 is 5.73 Å². The Morgan fingerprint density at radius 2 is 2.00 bits per heavy atom. The largest absolute Gasteiger partial charge is 0.399 e. The molecule has 0 aromatic heterocycles. The quantitative estimate of drug-likeness (QED) is 0.832. The number of hydrogen-bond donors (Lipinski definition) is 2. The van der Waals surface area contributed by atoms with Gasteiger partial charge in [-0.1, -0.05) is 31.5 Å². The van der Waals surface area contributed by atoms with Crippen LogP contribution in [0.25, 0.3) is 10.8 Å². The van der Waals surface area contributed by atoms with Crippen LogP contribution in [0.3, 0.4) is 0 Å². The molecule has 1 atom stereocenters. The van der Waals surface area contributed by atoms with Gasteiger partial charge in [-0.05, 0) is 36.9 Å². The highest BCUT2D eigenvalue weighted by atomic mass is 32.2. The Morgan fingerprint density at radius 1 is 1.25 bits per heavy atom. The summed E-state index contributed by atoms with van der Waals surface area (Å²) >= 11 is 0. The molecule has 20 heavy (non-hydrogen) atoms. The molecule has 108 valence electrons. The fraction of sp³-hybridized carbons (Fsp3) is 0.333. The van der Waals surface area contributed by atoms with E-state index in [-0.39, 0.29) is 6.04 Å². The first-order valence-corrected chi connectivity index (χ1v) is 8.23. The van der Waals surface area contributed by atoms with E-state index in [2.05, 4.69) is 4.72 Å². The second kappa shape index (κ2) is 5.81. The highest BCUT2D eigenvalue weighted by Crippen LogP contribution is 2.25. The fourth-order valence-electron chi connectivity index (χ4n) is 2.33. The van der Waals surface area contributed by atoms with Crippen LogP contribution in [0.5, 0.6) is 0 Å². The molecule has 5 heteroatoms. The molecule has 0 spiro atoms. The third-order valence-electron chi connectivity index (χ3n) is 3.23. The summed E-state index contributed by atoms with van der Waals surface area (Å²) in [5.41, 5.74) is 6.36. The smallest absolute Gasteiger partial charge is 0.241 e. The molecule has 0 aliphatic rings. The maximum absolute atomic E-state index is 12.5. The predicted octanol–water partition coefficient (Wildman–Crippen LogP) is 2.89. The second-order valence-corrected chi connectivity index (χ2v) is 6.73. The summed E-state index contributed by atoms with van der Waals surface area (Å²) in [5, 5.41) is 1.52. The van der Waals surface area contributed by atoms with Crippen molar-refractivity contribution in [2.45, 2.75) is 37.6 Å². The van der Waals surface area contributed by atoms with Gasteiger partial charge >= 0.3 is 0 Å². The molecule has 4 nitrogen and oxygen atoms in total. The average Bonchev–Trinajstić information content (AvgIpc) is 2.37. The Hall–Kier alpha value is -1.59. The van der Waals surface area contributed by atoms with E-state index in [1.165, 1.54) is 0 Å². The number of fused-ring (bicyclic) bond motifs is 1. The summed E-state index contributed by atoms with van der Waals surface area (Å²) in [6.45, 7) is 3.91. The number of nitrogen functional groups attached to an aromatic ring is 1. The van der Waals surface area contributed by atoms with Crippen LogP contribution in [-0.4, -0.2) is 14.5 Å². The van der Waals surface area contributed by atoms with Crippen molar-refractivity contribution in [3.8, 4) is 0 Å². The SMILES string of the molecule is CCCC(C)NS(=O)(=O)c1cccc2cc(N)ccc12. The van der Waals surface area contributed by atoms with Gasteiger partial charge in [0, 0.05) is 17.1 Å². The number of rotatable bonds is 5. The maximum Gasteiger partial charge on any atom is 0.241 e. The molecule has 0 amide bonds. The van der Waals surface area contributed by atoms with E-state index < -0.39 is 10.0 Å². The van der Waals surface area contributed by atoms with Gasteiger partial charge in [0.05, 0.1) is 4.90 Å². The molecule has 2 aromatic rings. The first kappa shape index (κ1) is 14.8. The first-order chi connectivity index (χ1) is 9.44. The maximum atomic E-state index is 12.5. The number of anilines is 1. The van der Waals surface area contributed by atoms with Gasteiger partial charge in [0.1, 0.15) is 0 Å². The standard InChI is InChI=1S/C15H20N2O2S/c1-3-5-11(2)17-20(18,19)15-7-4-6-12-10-13(16)8-9-14(12)15/h4,6-11,17H,3,5,16H2,1-2H3. The lowest BCUT2D eigenvalue weighted by atomic mass is 10.1. The van der Waals surface area contributed by atoms with Gasteiger partial charge in [-0.3, -0.25) is 0 Å². The lowest BCUT2D eigenvalue weighted by Crippen LogP contribution is -2.32. The Morgan fingerprint density at radius 3 is 2.70 bits per heavy atom. The van der Waals surface area contributed by atoms with Crippen molar-refractivity contribution in [2.75, 3.05) is 5.73 Å². The van der Waals surface area contributed by atoms with E-state index in [1.54, 1.807) is 30.3 Å². The van der Waals surface area contributed by atoms with Gasteiger partial charge in [0.2, 0.25) is 10.0 Å². The molecule has 2 aromatic carbocycles. The van der Waals surface area contributed by atoms with Crippen LogP contribution in [0.4, 0.5) is 5.69 Å². The van der Waals surface area contributed by atoms with E-state index in [1.807, 2.05) is 19.9 Å². The zero-order valence-corrected chi connectivity index (χ0v) is 12.6. The Balaban J connectivity index is 2.46. The van der Waals surface area contributed by atoms with Crippen molar-refractivity contribution in [3.63, 3.8) is 0 Å². The van der Waals surface area contributed by atoms with E-state index in [9.17, 15) is 8.42 Å². The average molecular weight is 292 g/mol. The van der Waals surface area contributed by atoms with Crippen LogP contribution in [0, 0.1) is 0 Å². The lowest BCUT2D eigenvalue weighted by molar-refractivity contribution is 0.544. The van der Waals surface area contributed by atoms with Crippen molar-refractivity contribution in [2.24, 2.45) is 0 Å². The zero-order valence-electron chi connectivity index (χ0n) is 11.8. The Bertz CT molecular complexity index is 711. The molecule has 0 heterocycles. The molecule has 1 unspecified atom stereocenters. The van der Waals surface area contributed by atoms with Crippen molar-refractivity contribution < 1.29 is 8.42 Å². The molecule has 0 saturated heterocycles. The van der Waals surface area contributed by atoms with Crippen molar-refractivity contribution in [1.29, 1.82) is 0 Å². The molecule has 0 fully saturated rings. The summed E-state index contributed by atoms with van der Waals surface area (Å²) in [4.78, 5) is 0.304. The molecule has 0 radical (unpaired) electrons. The van der Waals surface area contributed by atoms with Gasteiger partial charge in [-0.2, -0.15) is 0 Å². The van der Waals surface area contributed by atoms with Gasteiger partial charge in [0.25, 0.3) is 0 Å². The van der Waals surface area contributed by atoms with Gasteiger partial charge in [-0.15, -0.1) is 0 Å². The van der Waals surface area contributed by atoms with Gasteiger partial charge in [0.15, 0.2) is 0 Å². The van der Waals surface area contributed by atoms with Crippen LogP contribution in [-0.2, 0) is 10.0 Å². The molecule has 0 saturated carbocycles. The lowest BCUT2D eigenvalue weighted by Gasteiger charge is -2.14. The first-order valence-electron chi connectivity index (χ1n) is 6.74. The number of hydrogen-bond acceptors (Lipinski definition) is 3. The topological polar surface area (TPSA) is 72.2 Å². The zero-order chi connectivity index (χ0) is 14.8. The summed E-state index contributed by atoms with van der Waals surface area (Å²) in [5.74, 6) is 0. The summed E-state index contributed by atoms with van der Waals surface area (Å²) in [6.07, 6.45) is 1.76. The van der Waals surface area contributed by atoms with E-state index in [4.69, 9.17) is 5.73 Å². The van der Waals surface area contributed by atoms with Crippen molar-refractivity contribution >= 4 is 26.5 Å². The molecular formula is C15H20N2O2S. The number of benzene rings is 2. The number of nitrogens with one attached hydrogen (secondary N) is 1. The summed E-state index contributed by atoms with van der Waals surface area (Å²) in [6, 6.07) is 10.4. The van der Waals surface area contributed by atoms with E-state index >= 15 is 0 Å². The van der Waals surface area contributed by atoms with Crippen LogP contribution < -0.4 is 10.5 Å². The minimum absolute atomic E-state index is 0.0750. The Kier molecular flexibility index (Phi) is 4.30. The molecule has 2 rings (SSSR count).